The maximum absolute atomic E-state index is 5.67. The fourth-order valence-corrected chi connectivity index (χ4v) is 4.91. The summed E-state index contributed by atoms with van der Waals surface area (Å²) in [7, 11) is 4.00. The number of methoxy groups -OCH3 is 1. The van der Waals surface area contributed by atoms with E-state index in [0.29, 0.717) is 12.6 Å². The molecule has 0 saturated heterocycles. The van der Waals surface area contributed by atoms with Crippen molar-refractivity contribution in [2.75, 3.05) is 12.4 Å². The molecule has 1 aliphatic rings. The van der Waals surface area contributed by atoms with Crippen LogP contribution in [0.5, 0.6) is 0 Å². The van der Waals surface area contributed by atoms with Crippen LogP contribution >= 0.6 is 0 Å². The molecule has 4 rings (SSSR count). The van der Waals surface area contributed by atoms with Crippen molar-refractivity contribution in [1.82, 2.24) is 4.57 Å². The van der Waals surface area contributed by atoms with Crippen LogP contribution < -0.4 is 5.32 Å². The van der Waals surface area contributed by atoms with Gasteiger partial charge in [0.05, 0.1) is 23.5 Å². The molecule has 1 fully saturated rings. The number of aromatic nitrogens is 1. The van der Waals surface area contributed by atoms with Crippen molar-refractivity contribution in [3.05, 3.63) is 53.6 Å². The Labute approximate surface area is 175 Å². The van der Waals surface area contributed by atoms with E-state index >= 15 is 0 Å². The van der Waals surface area contributed by atoms with Crippen molar-refractivity contribution in [3.8, 4) is 11.3 Å². The number of hydrogen-bond donors (Lipinski definition) is 1. The quantitative estimate of drug-likeness (QED) is 0.464. The molecule has 1 aromatic heterocycles. The van der Waals surface area contributed by atoms with E-state index in [1.807, 2.05) is 0 Å². The third kappa shape index (κ3) is 4.06. The molecule has 0 radical (unpaired) electrons. The van der Waals surface area contributed by atoms with Gasteiger partial charge in [0.25, 0.3) is 0 Å². The summed E-state index contributed by atoms with van der Waals surface area (Å²) in [4.78, 5) is 0. The molecular formula is C26H34N2O. The molecular weight excluding hydrogens is 356 g/mol. The molecule has 0 spiro atoms. The van der Waals surface area contributed by atoms with E-state index in [4.69, 9.17) is 4.74 Å². The van der Waals surface area contributed by atoms with Gasteiger partial charge in [0.2, 0.25) is 0 Å². The van der Waals surface area contributed by atoms with Crippen molar-refractivity contribution in [3.63, 3.8) is 0 Å². The lowest BCUT2D eigenvalue weighted by molar-refractivity contribution is 0.186. The fraction of sp³-hybridized carbons (Fsp3) is 0.462. The summed E-state index contributed by atoms with van der Waals surface area (Å²) in [6.45, 7) is 2.89. The lowest BCUT2D eigenvalue weighted by atomic mass is 10.0. The van der Waals surface area contributed by atoms with Crippen LogP contribution in [0.4, 0.5) is 5.69 Å². The first-order valence-corrected chi connectivity index (χ1v) is 11.2. The van der Waals surface area contributed by atoms with Gasteiger partial charge < -0.3 is 14.6 Å². The molecule has 1 aliphatic carbocycles. The average molecular weight is 391 g/mol. The Bertz CT molecular complexity index is 952. The summed E-state index contributed by atoms with van der Waals surface area (Å²) in [5.41, 5.74) is 7.85. The number of nitrogens with zero attached hydrogens (tertiary/aromatic N) is 1. The molecule has 154 valence electrons. The molecule has 3 heteroatoms. The van der Waals surface area contributed by atoms with Crippen LogP contribution in [0.3, 0.4) is 0 Å². The minimum atomic E-state index is 0.598. The van der Waals surface area contributed by atoms with Crippen molar-refractivity contribution >= 4 is 16.6 Å². The van der Waals surface area contributed by atoms with Gasteiger partial charge in [0.15, 0.2) is 0 Å². The molecule has 0 aliphatic heterocycles. The molecule has 2 aromatic carbocycles. The predicted octanol–water partition coefficient (Wildman–Crippen LogP) is 6.69. The Morgan fingerprint density at radius 1 is 1.10 bits per heavy atom. The summed E-state index contributed by atoms with van der Waals surface area (Å²) < 4.78 is 8.05. The van der Waals surface area contributed by atoms with E-state index in [2.05, 4.69) is 66.3 Å². The largest absolute Gasteiger partial charge is 0.381 e. The highest BCUT2D eigenvalue weighted by atomic mass is 16.5. The highest BCUT2D eigenvalue weighted by Crippen LogP contribution is 2.39. The average Bonchev–Trinajstić information content (AvgIpc) is 3.34. The van der Waals surface area contributed by atoms with E-state index in [0.717, 1.165) is 6.42 Å². The highest BCUT2D eigenvalue weighted by molar-refractivity contribution is 5.99. The zero-order valence-corrected chi connectivity index (χ0v) is 18.1. The Morgan fingerprint density at radius 2 is 1.86 bits per heavy atom. The Balaban J connectivity index is 1.91. The second-order valence-corrected chi connectivity index (χ2v) is 8.45. The minimum Gasteiger partial charge on any atom is -0.381 e. The standard InChI is InChI=1S/C26H34N2O/c1-4-5-11-19-16-22-23(18-29-3)25(20-12-7-6-8-13-20)28(2)26(22)24(17-19)27-21-14-9-10-15-21/h6-8,12-13,16-17,21,27H,4-5,9-11,14-15,18H2,1-3H3. The lowest BCUT2D eigenvalue weighted by Gasteiger charge is -2.17. The molecule has 0 amide bonds. The maximum atomic E-state index is 5.67. The van der Waals surface area contributed by atoms with Gasteiger partial charge in [0.1, 0.15) is 0 Å². The Hall–Kier alpha value is -2.26. The van der Waals surface area contributed by atoms with E-state index in [1.54, 1.807) is 7.11 Å². The van der Waals surface area contributed by atoms with E-state index < -0.39 is 0 Å². The second-order valence-electron chi connectivity index (χ2n) is 8.45. The smallest absolute Gasteiger partial charge is 0.0740 e. The zero-order chi connectivity index (χ0) is 20.2. The Morgan fingerprint density at radius 3 is 2.55 bits per heavy atom. The molecule has 0 bridgehead atoms. The second kappa shape index (κ2) is 9.04. The number of ether oxygens (including phenoxy) is 1. The molecule has 3 aromatic rings. The van der Waals surface area contributed by atoms with Gasteiger partial charge in [-0.25, -0.2) is 0 Å². The monoisotopic (exact) mass is 390 g/mol. The number of unbranched alkanes of at least 4 members (excludes halogenated alkanes) is 1. The summed E-state index contributed by atoms with van der Waals surface area (Å²) >= 11 is 0. The number of nitrogens with one attached hydrogen (secondary N) is 1. The number of hydrogen-bond acceptors (Lipinski definition) is 2. The summed E-state index contributed by atoms with van der Waals surface area (Å²) in [6, 6.07) is 16.1. The van der Waals surface area contributed by atoms with Crippen molar-refractivity contribution < 1.29 is 4.74 Å². The number of anilines is 1. The molecule has 1 N–H and O–H groups in total. The van der Waals surface area contributed by atoms with Crippen LogP contribution in [0.25, 0.3) is 22.2 Å². The molecule has 1 heterocycles. The minimum absolute atomic E-state index is 0.598. The van der Waals surface area contributed by atoms with Crippen LogP contribution in [0.1, 0.15) is 56.6 Å². The molecule has 1 saturated carbocycles. The molecule has 0 unspecified atom stereocenters. The lowest BCUT2D eigenvalue weighted by Crippen LogP contribution is -2.15. The number of aryl methyl sites for hydroxylation is 2. The number of fused-ring (bicyclic) bond motifs is 1. The van der Waals surface area contributed by atoms with Crippen LogP contribution in [0.2, 0.25) is 0 Å². The van der Waals surface area contributed by atoms with Gasteiger partial charge >= 0.3 is 0 Å². The van der Waals surface area contributed by atoms with Crippen molar-refractivity contribution in [2.24, 2.45) is 7.05 Å². The van der Waals surface area contributed by atoms with E-state index in [-0.39, 0.29) is 0 Å². The van der Waals surface area contributed by atoms with Crippen molar-refractivity contribution in [2.45, 2.75) is 64.5 Å². The van der Waals surface area contributed by atoms with Crippen LogP contribution in [0.15, 0.2) is 42.5 Å². The van der Waals surface area contributed by atoms with Crippen molar-refractivity contribution in [1.29, 1.82) is 0 Å². The summed E-state index contributed by atoms with van der Waals surface area (Å²) in [5.74, 6) is 0. The third-order valence-electron chi connectivity index (χ3n) is 6.32. The predicted molar refractivity (Wildman–Crippen MR) is 124 cm³/mol. The van der Waals surface area contributed by atoms with Gasteiger partial charge in [-0.2, -0.15) is 0 Å². The number of rotatable bonds is 8. The van der Waals surface area contributed by atoms with Crippen LogP contribution in [-0.4, -0.2) is 17.7 Å². The maximum Gasteiger partial charge on any atom is 0.0740 e. The van der Waals surface area contributed by atoms with Crippen LogP contribution in [-0.2, 0) is 24.8 Å². The third-order valence-corrected chi connectivity index (χ3v) is 6.32. The van der Waals surface area contributed by atoms with Gasteiger partial charge in [-0.05, 0) is 48.9 Å². The SMILES string of the molecule is CCCCc1cc(NC2CCCC2)c2c(c1)c(COC)c(-c1ccccc1)n2C. The summed E-state index contributed by atoms with van der Waals surface area (Å²) in [6.07, 6.45) is 8.82. The fourth-order valence-electron chi connectivity index (χ4n) is 4.91. The molecule has 29 heavy (non-hydrogen) atoms. The first kappa shape index (κ1) is 20.0. The number of benzene rings is 2. The van der Waals surface area contributed by atoms with Gasteiger partial charge in [0, 0.05) is 31.1 Å². The first-order valence-electron chi connectivity index (χ1n) is 11.2. The zero-order valence-electron chi connectivity index (χ0n) is 18.1. The van der Waals surface area contributed by atoms with Gasteiger partial charge in [-0.1, -0.05) is 56.5 Å². The topological polar surface area (TPSA) is 26.2 Å². The molecule has 0 atom stereocenters. The summed E-state index contributed by atoms with van der Waals surface area (Å²) in [5, 5.41) is 5.25. The van der Waals surface area contributed by atoms with E-state index in [9.17, 15) is 0 Å². The first-order chi connectivity index (χ1) is 14.2. The van der Waals surface area contributed by atoms with Gasteiger partial charge in [-0.3, -0.25) is 0 Å². The molecule has 3 nitrogen and oxygen atoms in total. The van der Waals surface area contributed by atoms with Crippen LogP contribution in [0, 0.1) is 0 Å². The Kier molecular flexibility index (Phi) is 6.25. The van der Waals surface area contributed by atoms with E-state index in [1.165, 1.54) is 77.5 Å². The van der Waals surface area contributed by atoms with Gasteiger partial charge in [-0.15, -0.1) is 0 Å². The normalized spacial score (nSPS) is 14.7. The highest BCUT2D eigenvalue weighted by Gasteiger charge is 2.22.